The standard InChI is InChI=1S/C30H51NO8Si/c1-8-40(9-2,10-3)39-25-19-30(4,38-22-34-6)28(37-21-33-5)26(25)27(29(32)31-17-11-12-18-31)36-20-23-13-15-24(35-7)16-14-23/h13-16,25-28H,8-12,17-22H2,1-7H3/t25-,26+,27-,28-,30-/m1/s1. The summed E-state index contributed by atoms with van der Waals surface area (Å²) in [5, 5.41) is 0. The highest BCUT2D eigenvalue weighted by atomic mass is 28.4. The zero-order valence-corrected chi connectivity index (χ0v) is 26.6. The fourth-order valence-electron chi connectivity index (χ4n) is 6.18. The first kappa shape index (κ1) is 33.0. The van der Waals surface area contributed by atoms with Gasteiger partial charge in [0.05, 0.1) is 31.5 Å². The van der Waals surface area contributed by atoms with E-state index in [1.54, 1.807) is 21.3 Å². The molecule has 2 fully saturated rings. The SMILES string of the molecule is CC[Si](CC)(CC)O[C@@H]1C[C@@](C)(OCOC)[C@H](OCOC)[C@@H]1[C@@H](OCc1ccc(OC)cc1)C(=O)N1CCCC1. The van der Waals surface area contributed by atoms with E-state index in [4.69, 9.17) is 32.8 Å². The second kappa shape index (κ2) is 15.6. The van der Waals surface area contributed by atoms with Crippen molar-refractivity contribution in [1.82, 2.24) is 4.90 Å². The molecule has 1 saturated carbocycles. The minimum Gasteiger partial charge on any atom is -0.497 e. The molecule has 1 amide bonds. The minimum absolute atomic E-state index is 0.0108. The molecule has 228 valence electrons. The molecule has 0 bridgehead atoms. The van der Waals surface area contributed by atoms with Gasteiger partial charge >= 0.3 is 0 Å². The summed E-state index contributed by atoms with van der Waals surface area (Å²) in [5.41, 5.74) is 0.203. The van der Waals surface area contributed by atoms with E-state index in [1.165, 1.54) is 0 Å². The van der Waals surface area contributed by atoms with Gasteiger partial charge in [-0.25, -0.2) is 0 Å². The second-order valence-corrected chi connectivity index (χ2v) is 15.9. The summed E-state index contributed by atoms with van der Waals surface area (Å²) in [6.45, 7) is 10.6. The molecule has 1 aromatic carbocycles. The van der Waals surface area contributed by atoms with Crippen LogP contribution < -0.4 is 4.74 Å². The smallest absolute Gasteiger partial charge is 0.252 e. The van der Waals surface area contributed by atoms with Crippen molar-refractivity contribution >= 4 is 14.2 Å². The lowest BCUT2D eigenvalue weighted by molar-refractivity contribution is -0.208. The van der Waals surface area contributed by atoms with Crippen molar-refractivity contribution in [1.29, 1.82) is 0 Å². The summed E-state index contributed by atoms with van der Waals surface area (Å²) >= 11 is 0. The topological polar surface area (TPSA) is 84.9 Å². The van der Waals surface area contributed by atoms with Gasteiger partial charge in [0.15, 0.2) is 8.32 Å². The Morgan fingerprint density at radius 3 is 2.17 bits per heavy atom. The van der Waals surface area contributed by atoms with Gasteiger partial charge in [0.1, 0.15) is 25.4 Å². The summed E-state index contributed by atoms with van der Waals surface area (Å²) in [6, 6.07) is 10.7. The maximum atomic E-state index is 14.2. The third-order valence-electron chi connectivity index (χ3n) is 8.79. The number of hydrogen-bond donors (Lipinski definition) is 0. The molecule has 40 heavy (non-hydrogen) atoms. The van der Waals surface area contributed by atoms with Crippen LogP contribution in [0.3, 0.4) is 0 Å². The predicted molar refractivity (Wildman–Crippen MR) is 156 cm³/mol. The van der Waals surface area contributed by atoms with Gasteiger partial charge in [0, 0.05) is 39.6 Å². The van der Waals surface area contributed by atoms with E-state index < -0.39 is 26.1 Å². The highest BCUT2D eigenvalue weighted by Gasteiger charge is 2.59. The van der Waals surface area contributed by atoms with Crippen LogP contribution in [0.2, 0.25) is 18.1 Å². The molecule has 0 N–H and O–H groups in total. The van der Waals surface area contributed by atoms with Crippen LogP contribution in [0.25, 0.3) is 0 Å². The lowest BCUT2D eigenvalue weighted by Gasteiger charge is -2.39. The van der Waals surface area contributed by atoms with E-state index in [1.807, 2.05) is 36.1 Å². The molecule has 1 saturated heterocycles. The molecule has 1 aliphatic carbocycles. The van der Waals surface area contributed by atoms with Crippen molar-refractivity contribution in [2.75, 3.05) is 48.0 Å². The fraction of sp³-hybridized carbons (Fsp3) is 0.767. The Kier molecular flexibility index (Phi) is 12.9. The van der Waals surface area contributed by atoms with Crippen molar-refractivity contribution in [3.63, 3.8) is 0 Å². The zero-order valence-electron chi connectivity index (χ0n) is 25.6. The largest absolute Gasteiger partial charge is 0.497 e. The molecule has 5 atom stereocenters. The van der Waals surface area contributed by atoms with Crippen LogP contribution in [0, 0.1) is 5.92 Å². The van der Waals surface area contributed by atoms with Crippen LogP contribution in [-0.2, 0) is 39.5 Å². The third kappa shape index (κ3) is 7.85. The van der Waals surface area contributed by atoms with Gasteiger partial charge in [-0.1, -0.05) is 32.9 Å². The molecule has 0 unspecified atom stereocenters. The zero-order chi connectivity index (χ0) is 29.2. The van der Waals surface area contributed by atoms with Crippen LogP contribution in [0.15, 0.2) is 24.3 Å². The Labute approximate surface area is 241 Å². The van der Waals surface area contributed by atoms with Crippen molar-refractivity contribution in [3.8, 4) is 5.75 Å². The third-order valence-corrected chi connectivity index (χ3v) is 13.5. The molecule has 3 rings (SSSR count). The summed E-state index contributed by atoms with van der Waals surface area (Å²) < 4.78 is 42.4. The molecule has 1 aliphatic heterocycles. The van der Waals surface area contributed by atoms with Crippen molar-refractivity contribution in [3.05, 3.63) is 29.8 Å². The first-order valence-electron chi connectivity index (χ1n) is 14.7. The van der Waals surface area contributed by atoms with Gasteiger partial charge in [-0.2, -0.15) is 0 Å². The van der Waals surface area contributed by atoms with Crippen LogP contribution in [-0.4, -0.2) is 91.0 Å². The molecular formula is C30H51NO8Si. The predicted octanol–water partition coefficient (Wildman–Crippen LogP) is 4.98. The maximum Gasteiger partial charge on any atom is 0.252 e. The van der Waals surface area contributed by atoms with E-state index in [2.05, 4.69) is 20.8 Å². The first-order chi connectivity index (χ1) is 19.3. The highest BCUT2D eigenvalue weighted by molar-refractivity contribution is 6.73. The molecule has 10 heteroatoms. The lowest BCUT2D eigenvalue weighted by Crippen LogP contribution is -2.53. The summed E-state index contributed by atoms with van der Waals surface area (Å²) in [5.74, 6) is 0.375. The normalized spacial score (nSPS) is 25.9. The average molecular weight is 582 g/mol. The Morgan fingerprint density at radius 2 is 1.62 bits per heavy atom. The van der Waals surface area contributed by atoms with Gasteiger partial charge in [-0.05, 0) is 55.6 Å². The summed E-state index contributed by atoms with van der Waals surface area (Å²) in [4.78, 5) is 16.1. The number of benzene rings is 1. The van der Waals surface area contributed by atoms with E-state index in [0.717, 1.165) is 55.4 Å². The molecule has 1 heterocycles. The minimum atomic E-state index is -2.06. The molecule has 0 aromatic heterocycles. The van der Waals surface area contributed by atoms with Crippen molar-refractivity contribution in [2.45, 2.75) is 95.6 Å². The first-order valence-corrected chi connectivity index (χ1v) is 17.3. The maximum absolute atomic E-state index is 14.2. The number of likely N-dealkylation sites (tertiary alicyclic amines) is 1. The Balaban J connectivity index is 2.03. The van der Waals surface area contributed by atoms with Gasteiger partial charge in [0.25, 0.3) is 5.91 Å². The number of methoxy groups -OCH3 is 3. The van der Waals surface area contributed by atoms with Gasteiger partial charge in [0.2, 0.25) is 0 Å². The van der Waals surface area contributed by atoms with E-state index in [9.17, 15) is 4.79 Å². The van der Waals surface area contributed by atoms with Crippen LogP contribution in [0.5, 0.6) is 5.75 Å². The number of rotatable bonds is 17. The summed E-state index contributed by atoms with van der Waals surface area (Å²) in [7, 11) is 2.79. The highest BCUT2D eigenvalue weighted by Crippen LogP contribution is 2.46. The molecule has 1 aromatic rings. The molecule has 9 nitrogen and oxygen atoms in total. The Hall–Kier alpha value is -1.53. The molecule has 0 radical (unpaired) electrons. The number of nitrogens with zero attached hydrogens (tertiary/aromatic N) is 1. The number of carbonyl (C=O) groups is 1. The van der Waals surface area contributed by atoms with Crippen molar-refractivity contribution < 1.29 is 37.6 Å². The second-order valence-electron chi connectivity index (χ2n) is 11.2. The van der Waals surface area contributed by atoms with Crippen LogP contribution in [0.1, 0.15) is 52.5 Å². The summed E-state index contributed by atoms with van der Waals surface area (Å²) in [6.07, 6.45) is 1.02. The van der Waals surface area contributed by atoms with Crippen LogP contribution in [0.4, 0.5) is 0 Å². The Morgan fingerprint density at radius 1 is 1.00 bits per heavy atom. The average Bonchev–Trinajstić information content (AvgIpc) is 3.61. The van der Waals surface area contributed by atoms with E-state index in [0.29, 0.717) is 6.42 Å². The van der Waals surface area contributed by atoms with Gasteiger partial charge in [-0.15, -0.1) is 0 Å². The number of amides is 1. The number of hydrogen-bond acceptors (Lipinski definition) is 8. The molecule has 0 spiro atoms. The fourth-order valence-corrected chi connectivity index (χ4v) is 9.07. The van der Waals surface area contributed by atoms with Gasteiger partial charge < -0.3 is 37.7 Å². The van der Waals surface area contributed by atoms with E-state index in [-0.39, 0.29) is 38.1 Å². The number of carbonyl (C=O) groups excluding carboxylic acids is 1. The van der Waals surface area contributed by atoms with Crippen molar-refractivity contribution in [2.24, 2.45) is 5.92 Å². The molecule has 2 aliphatic rings. The number of ether oxygens (including phenoxy) is 6. The van der Waals surface area contributed by atoms with Gasteiger partial charge in [-0.3, -0.25) is 4.79 Å². The molecular weight excluding hydrogens is 530 g/mol. The quantitative estimate of drug-likeness (QED) is 0.188. The van der Waals surface area contributed by atoms with Crippen LogP contribution >= 0.6 is 0 Å². The lowest BCUT2D eigenvalue weighted by atomic mass is 9.91. The monoisotopic (exact) mass is 581 g/mol. The van der Waals surface area contributed by atoms with E-state index >= 15 is 0 Å². The Bertz CT molecular complexity index is 884.